The molecule has 4 fully saturated rings. The molecule has 2 heterocycles. The highest BCUT2D eigenvalue weighted by Crippen LogP contribution is 2.68. The molecule has 2 aliphatic heterocycles. The average Bonchev–Trinajstić information content (AvgIpc) is 3.33. The van der Waals surface area contributed by atoms with Crippen molar-refractivity contribution in [2.24, 2.45) is 33.5 Å². The third-order valence-electron chi connectivity index (χ3n) is 11.6. The van der Waals surface area contributed by atoms with Gasteiger partial charge in [-0.3, -0.25) is 14.4 Å². The molecule has 6 aliphatic rings. The predicted molar refractivity (Wildman–Crippen MR) is 149 cm³/mol. The van der Waals surface area contributed by atoms with Crippen molar-refractivity contribution in [1.82, 2.24) is 0 Å². The number of carbonyl (C=O) groups excluding carboxylic acids is 4. The van der Waals surface area contributed by atoms with Gasteiger partial charge in [0.1, 0.15) is 12.2 Å². The standard InChI is InChI=1S/C33H44O9/c1-17(34)38-21-15-19(25(36)31(7)13-9-11-29(3,4)23(21)31)27-41-28-33(42-27)20(26(37)40-28)16-22(39-18(2)35)24-30(5,6)12-10-14-32(24,33)8/h15-16,21-24,27-28H,9-14H2,1-8H3/t21-,22-,23+,24+,27+,28-,31+,32+,33+/m1/s1. The van der Waals surface area contributed by atoms with Crippen LogP contribution in [-0.2, 0) is 42.9 Å². The van der Waals surface area contributed by atoms with Gasteiger partial charge in [-0.1, -0.05) is 54.4 Å². The topological polar surface area (TPSA) is 114 Å². The number of carbonyl (C=O) groups is 4. The van der Waals surface area contributed by atoms with Gasteiger partial charge in [-0.05, 0) is 48.7 Å². The second kappa shape index (κ2) is 9.24. The molecule has 4 aliphatic carbocycles. The minimum absolute atomic E-state index is 0.0822. The number of hydrogen-bond donors (Lipinski definition) is 0. The smallest absolute Gasteiger partial charge is 0.339 e. The Morgan fingerprint density at radius 2 is 1.38 bits per heavy atom. The van der Waals surface area contributed by atoms with Gasteiger partial charge in [0, 0.05) is 36.5 Å². The van der Waals surface area contributed by atoms with Crippen LogP contribution >= 0.6 is 0 Å². The summed E-state index contributed by atoms with van der Waals surface area (Å²) in [5.41, 5.74) is -2.69. The Morgan fingerprint density at radius 3 is 2.00 bits per heavy atom. The van der Waals surface area contributed by atoms with E-state index in [1.165, 1.54) is 13.8 Å². The molecule has 9 atom stereocenters. The van der Waals surface area contributed by atoms with Gasteiger partial charge in [-0.25, -0.2) is 4.79 Å². The van der Waals surface area contributed by atoms with Crippen LogP contribution in [0.25, 0.3) is 0 Å². The Morgan fingerprint density at radius 1 is 0.810 bits per heavy atom. The van der Waals surface area contributed by atoms with Gasteiger partial charge in [-0.15, -0.1) is 0 Å². The van der Waals surface area contributed by atoms with Crippen LogP contribution in [-0.4, -0.2) is 54.1 Å². The monoisotopic (exact) mass is 584 g/mol. The summed E-state index contributed by atoms with van der Waals surface area (Å²) in [6.07, 6.45) is 4.89. The summed E-state index contributed by atoms with van der Waals surface area (Å²) in [4.78, 5) is 52.2. The summed E-state index contributed by atoms with van der Waals surface area (Å²) in [5, 5.41) is 0. The van der Waals surface area contributed by atoms with E-state index in [1.807, 2.05) is 6.92 Å². The highest BCUT2D eigenvalue weighted by molar-refractivity contribution is 6.02. The van der Waals surface area contributed by atoms with Gasteiger partial charge < -0.3 is 23.7 Å². The zero-order valence-electron chi connectivity index (χ0n) is 26.0. The molecule has 0 N–H and O–H groups in total. The molecule has 2 saturated carbocycles. The van der Waals surface area contributed by atoms with Crippen molar-refractivity contribution in [3.05, 3.63) is 23.3 Å². The van der Waals surface area contributed by atoms with Crippen molar-refractivity contribution < 1.29 is 42.9 Å². The molecule has 2 saturated heterocycles. The lowest BCUT2D eigenvalue weighted by molar-refractivity contribution is -0.205. The van der Waals surface area contributed by atoms with Gasteiger partial charge in [0.2, 0.25) is 6.29 Å². The fraction of sp³-hybridized carbons (Fsp3) is 0.758. The third-order valence-corrected chi connectivity index (χ3v) is 11.6. The van der Waals surface area contributed by atoms with Gasteiger partial charge in [0.15, 0.2) is 17.7 Å². The number of rotatable bonds is 3. The first-order chi connectivity index (χ1) is 19.5. The molecule has 0 bridgehead atoms. The first kappa shape index (κ1) is 29.5. The molecule has 1 spiro atoms. The number of hydrogen-bond acceptors (Lipinski definition) is 9. The van der Waals surface area contributed by atoms with Crippen LogP contribution in [0, 0.1) is 33.5 Å². The summed E-state index contributed by atoms with van der Waals surface area (Å²) >= 11 is 0. The van der Waals surface area contributed by atoms with Crippen LogP contribution in [0.3, 0.4) is 0 Å². The van der Waals surface area contributed by atoms with Crippen LogP contribution in [0.1, 0.15) is 93.9 Å². The molecular formula is C33H44O9. The average molecular weight is 585 g/mol. The number of ketones is 1. The zero-order valence-corrected chi connectivity index (χ0v) is 26.0. The molecule has 0 aromatic rings. The van der Waals surface area contributed by atoms with E-state index >= 15 is 0 Å². The Hall–Kier alpha value is -2.52. The van der Waals surface area contributed by atoms with E-state index in [2.05, 4.69) is 34.6 Å². The van der Waals surface area contributed by atoms with E-state index in [0.717, 1.165) is 25.7 Å². The van der Waals surface area contributed by atoms with Crippen molar-refractivity contribution in [1.29, 1.82) is 0 Å². The van der Waals surface area contributed by atoms with E-state index in [-0.39, 0.29) is 34.0 Å². The summed E-state index contributed by atoms with van der Waals surface area (Å²) in [6, 6.07) is 0. The quantitative estimate of drug-likeness (QED) is 0.335. The van der Waals surface area contributed by atoms with Crippen LogP contribution in [0.15, 0.2) is 23.3 Å². The maximum atomic E-state index is 14.4. The van der Waals surface area contributed by atoms with Crippen molar-refractivity contribution in [3.63, 3.8) is 0 Å². The second-order valence-electron chi connectivity index (χ2n) is 15.2. The molecule has 0 amide bonds. The predicted octanol–water partition coefficient (Wildman–Crippen LogP) is 4.96. The van der Waals surface area contributed by atoms with E-state index in [1.54, 1.807) is 12.2 Å². The first-order valence-electron chi connectivity index (χ1n) is 15.4. The molecule has 42 heavy (non-hydrogen) atoms. The normalized spacial score (nSPS) is 44.9. The third kappa shape index (κ3) is 3.87. The van der Waals surface area contributed by atoms with Gasteiger partial charge in [-0.2, -0.15) is 0 Å². The summed E-state index contributed by atoms with van der Waals surface area (Å²) in [7, 11) is 0. The molecule has 0 radical (unpaired) electrons. The first-order valence-corrected chi connectivity index (χ1v) is 15.4. The highest BCUT2D eigenvalue weighted by atomic mass is 16.8. The molecule has 0 aromatic heterocycles. The van der Waals surface area contributed by atoms with Gasteiger partial charge >= 0.3 is 17.9 Å². The molecule has 9 nitrogen and oxygen atoms in total. The Kier molecular flexibility index (Phi) is 6.50. The zero-order chi connectivity index (χ0) is 30.6. The lowest BCUT2D eigenvalue weighted by Gasteiger charge is -2.60. The fourth-order valence-corrected chi connectivity index (χ4v) is 10.3. The van der Waals surface area contributed by atoms with E-state index in [9.17, 15) is 19.2 Å². The molecule has 9 heteroatoms. The fourth-order valence-electron chi connectivity index (χ4n) is 10.3. The van der Waals surface area contributed by atoms with Crippen LogP contribution in [0.5, 0.6) is 0 Å². The summed E-state index contributed by atoms with van der Waals surface area (Å²) in [5.74, 6) is -1.89. The van der Waals surface area contributed by atoms with Gasteiger partial charge in [0.05, 0.1) is 11.1 Å². The maximum absolute atomic E-state index is 14.4. The summed E-state index contributed by atoms with van der Waals surface area (Å²) < 4.78 is 30.9. The lowest BCUT2D eigenvalue weighted by atomic mass is 9.46. The molecule has 6 rings (SSSR count). The summed E-state index contributed by atoms with van der Waals surface area (Å²) in [6.45, 7) is 15.4. The van der Waals surface area contributed by atoms with Crippen molar-refractivity contribution in [2.45, 2.75) is 124 Å². The van der Waals surface area contributed by atoms with Gasteiger partial charge in [0.25, 0.3) is 0 Å². The van der Waals surface area contributed by atoms with Crippen molar-refractivity contribution >= 4 is 23.7 Å². The number of esters is 3. The van der Waals surface area contributed by atoms with E-state index in [0.29, 0.717) is 18.4 Å². The van der Waals surface area contributed by atoms with E-state index in [4.69, 9.17) is 23.7 Å². The molecule has 0 unspecified atom stereocenters. The Balaban J connectivity index is 1.46. The largest absolute Gasteiger partial charge is 0.458 e. The molecule has 230 valence electrons. The SMILES string of the molecule is CC(=O)O[C@@H]1C=C2C(=O)O[C@@H]3O[C@H](C4=C[C@@H](OC(C)=O)[C@H]5C(C)(C)CCC[C@]5(C)C4=O)O[C@@]23[C@@]2(C)CCCC(C)(C)[C@H]12. The number of ether oxygens (including phenoxy) is 5. The maximum Gasteiger partial charge on any atom is 0.339 e. The van der Waals surface area contributed by atoms with Crippen molar-refractivity contribution in [2.75, 3.05) is 0 Å². The van der Waals surface area contributed by atoms with Crippen LogP contribution in [0.2, 0.25) is 0 Å². The van der Waals surface area contributed by atoms with E-state index < -0.39 is 59.1 Å². The number of fused-ring (bicyclic) bond motifs is 2. The second-order valence-corrected chi connectivity index (χ2v) is 15.2. The molecular weight excluding hydrogens is 540 g/mol. The number of Topliss-reactive ketones (excluding diaryl/α,β-unsaturated/α-hetero) is 1. The minimum Gasteiger partial charge on any atom is -0.458 e. The minimum atomic E-state index is -1.30. The highest BCUT2D eigenvalue weighted by Gasteiger charge is 2.77. The Bertz CT molecular complexity index is 1310. The molecule has 0 aromatic carbocycles. The van der Waals surface area contributed by atoms with Crippen molar-refractivity contribution in [3.8, 4) is 0 Å². The Labute approximate surface area is 247 Å². The lowest BCUT2D eigenvalue weighted by Crippen LogP contribution is -2.65. The van der Waals surface area contributed by atoms with Crippen LogP contribution < -0.4 is 0 Å². The van der Waals surface area contributed by atoms with Crippen LogP contribution in [0.4, 0.5) is 0 Å².